The Kier molecular flexibility index (Phi) is 4.91. The second-order valence-electron chi connectivity index (χ2n) is 4.36. The smallest absolute Gasteiger partial charge is 0.254 e. The first kappa shape index (κ1) is 14.0. The first-order chi connectivity index (χ1) is 9.27. The fourth-order valence-electron chi connectivity index (χ4n) is 2.15. The van der Waals surface area contributed by atoms with Crippen LogP contribution in [0.4, 0.5) is 0 Å². The molecule has 1 aromatic heterocycles. The van der Waals surface area contributed by atoms with Gasteiger partial charge in [-0.3, -0.25) is 9.78 Å². The van der Waals surface area contributed by atoms with Crippen LogP contribution < -0.4 is 0 Å². The summed E-state index contributed by atoms with van der Waals surface area (Å²) in [6.45, 7) is 3.59. The van der Waals surface area contributed by atoms with Gasteiger partial charge in [0.1, 0.15) is 0 Å². The molecule has 0 aliphatic carbocycles. The summed E-state index contributed by atoms with van der Waals surface area (Å²) in [6.07, 6.45) is 2.71. The molecule has 0 fully saturated rings. The number of pyridine rings is 1. The lowest BCUT2D eigenvalue weighted by Crippen LogP contribution is -2.33. The average molecular weight is 321 g/mol. The molecule has 0 aliphatic rings. The Hall–Kier alpha value is -1.42. The van der Waals surface area contributed by atoms with Crippen molar-refractivity contribution in [1.29, 1.82) is 0 Å². The van der Waals surface area contributed by atoms with Crippen LogP contribution >= 0.6 is 15.9 Å². The molecule has 0 unspecified atom stereocenters. The summed E-state index contributed by atoms with van der Waals surface area (Å²) in [7, 11) is 0. The summed E-state index contributed by atoms with van der Waals surface area (Å²) in [4.78, 5) is 18.8. The molecule has 0 radical (unpaired) electrons. The van der Waals surface area contributed by atoms with Crippen molar-refractivity contribution in [2.45, 2.75) is 13.3 Å². The van der Waals surface area contributed by atoms with E-state index >= 15 is 0 Å². The molecule has 100 valence electrons. The zero-order valence-electron chi connectivity index (χ0n) is 11.0. The highest BCUT2D eigenvalue weighted by Crippen LogP contribution is 2.18. The van der Waals surface area contributed by atoms with E-state index in [2.05, 4.69) is 27.8 Å². The molecule has 0 bridgehead atoms. The maximum Gasteiger partial charge on any atom is 0.254 e. The quantitative estimate of drug-likeness (QED) is 0.790. The third kappa shape index (κ3) is 3.13. The first-order valence-corrected chi connectivity index (χ1v) is 7.59. The normalized spacial score (nSPS) is 10.6. The number of alkyl halides is 1. The fourth-order valence-corrected chi connectivity index (χ4v) is 2.58. The Balaban J connectivity index is 2.39. The van der Waals surface area contributed by atoms with Crippen molar-refractivity contribution < 1.29 is 4.79 Å². The number of hydrogen-bond donors (Lipinski definition) is 0. The van der Waals surface area contributed by atoms with Crippen LogP contribution in [0.5, 0.6) is 0 Å². The summed E-state index contributed by atoms with van der Waals surface area (Å²) < 4.78 is 0. The molecule has 1 aromatic carbocycles. The van der Waals surface area contributed by atoms with Crippen molar-refractivity contribution in [2.24, 2.45) is 0 Å². The second kappa shape index (κ2) is 6.66. The molecule has 2 aromatic rings. The van der Waals surface area contributed by atoms with Crippen molar-refractivity contribution >= 4 is 32.7 Å². The van der Waals surface area contributed by atoms with E-state index in [0.717, 1.165) is 41.3 Å². The third-order valence-corrected chi connectivity index (χ3v) is 3.37. The van der Waals surface area contributed by atoms with Crippen LogP contribution in [0, 0.1) is 0 Å². The van der Waals surface area contributed by atoms with Crippen LogP contribution in [0.15, 0.2) is 36.5 Å². The minimum Gasteiger partial charge on any atom is -0.338 e. The van der Waals surface area contributed by atoms with Gasteiger partial charge in [0, 0.05) is 35.6 Å². The van der Waals surface area contributed by atoms with E-state index in [1.165, 1.54) is 0 Å². The molecular weight excluding hydrogens is 304 g/mol. The van der Waals surface area contributed by atoms with E-state index in [1.54, 1.807) is 6.20 Å². The van der Waals surface area contributed by atoms with E-state index in [1.807, 2.05) is 35.2 Å². The standard InChI is InChI=1S/C15H17BrN2O/c1-2-10-18(11-8-16)15(19)13-5-3-7-14-12(13)6-4-9-17-14/h3-7,9H,2,8,10-11H2,1H3. The van der Waals surface area contributed by atoms with Gasteiger partial charge in [0.2, 0.25) is 0 Å². The number of carbonyl (C=O) groups is 1. The maximum atomic E-state index is 12.6. The number of benzene rings is 1. The van der Waals surface area contributed by atoms with Gasteiger partial charge in [-0.05, 0) is 24.6 Å². The topological polar surface area (TPSA) is 33.2 Å². The van der Waals surface area contributed by atoms with Crippen molar-refractivity contribution in [3.63, 3.8) is 0 Å². The molecule has 19 heavy (non-hydrogen) atoms. The lowest BCUT2D eigenvalue weighted by molar-refractivity contribution is 0.0768. The Morgan fingerprint density at radius 3 is 2.84 bits per heavy atom. The Morgan fingerprint density at radius 1 is 1.26 bits per heavy atom. The van der Waals surface area contributed by atoms with Gasteiger partial charge in [0.25, 0.3) is 5.91 Å². The molecule has 0 spiro atoms. The van der Waals surface area contributed by atoms with Gasteiger partial charge in [-0.1, -0.05) is 35.0 Å². The Labute approximate surface area is 121 Å². The van der Waals surface area contributed by atoms with E-state index in [-0.39, 0.29) is 5.91 Å². The molecular formula is C15H17BrN2O. The number of fused-ring (bicyclic) bond motifs is 1. The fraction of sp³-hybridized carbons (Fsp3) is 0.333. The molecule has 1 amide bonds. The largest absolute Gasteiger partial charge is 0.338 e. The summed E-state index contributed by atoms with van der Waals surface area (Å²) >= 11 is 3.40. The van der Waals surface area contributed by atoms with Crippen LogP contribution in [0.2, 0.25) is 0 Å². The second-order valence-corrected chi connectivity index (χ2v) is 5.15. The lowest BCUT2D eigenvalue weighted by Gasteiger charge is -2.21. The average Bonchev–Trinajstić information content (AvgIpc) is 2.46. The predicted molar refractivity (Wildman–Crippen MR) is 81.7 cm³/mol. The number of halogens is 1. The third-order valence-electron chi connectivity index (χ3n) is 3.01. The van der Waals surface area contributed by atoms with Gasteiger partial charge in [-0.2, -0.15) is 0 Å². The molecule has 0 N–H and O–H groups in total. The highest BCUT2D eigenvalue weighted by Gasteiger charge is 2.16. The van der Waals surface area contributed by atoms with Crippen molar-refractivity contribution in [3.8, 4) is 0 Å². The van der Waals surface area contributed by atoms with E-state index < -0.39 is 0 Å². The molecule has 0 saturated carbocycles. The van der Waals surface area contributed by atoms with Crippen LogP contribution in [0.1, 0.15) is 23.7 Å². The van der Waals surface area contributed by atoms with Crippen molar-refractivity contribution in [1.82, 2.24) is 9.88 Å². The van der Waals surface area contributed by atoms with Crippen LogP contribution in [0.3, 0.4) is 0 Å². The van der Waals surface area contributed by atoms with Gasteiger partial charge < -0.3 is 4.90 Å². The molecule has 2 rings (SSSR count). The first-order valence-electron chi connectivity index (χ1n) is 6.47. The van der Waals surface area contributed by atoms with Crippen LogP contribution in [-0.4, -0.2) is 34.2 Å². The van der Waals surface area contributed by atoms with Gasteiger partial charge in [0.05, 0.1) is 5.52 Å². The summed E-state index contributed by atoms with van der Waals surface area (Å²) in [5, 5.41) is 1.72. The van der Waals surface area contributed by atoms with E-state index in [9.17, 15) is 4.79 Å². The Morgan fingerprint density at radius 2 is 2.11 bits per heavy atom. The number of carbonyl (C=O) groups excluding carboxylic acids is 1. The Bertz CT molecular complexity index is 560. The molecule has 1 heterocycles. The molecule has 0 saturated heterocycles. The van der Waals surface area contributed by atoms with E-state index in [0.29, 0.717) is 0 Å². The minimum atomic E-state index is 0.0832. The van der Waals surface area contributed by atoms with Crippen LogP contribution in [-0.2, 0) is 0 Å². The lowest BCUT2D eigenvalue weighted by atomic mass is 10.1. The van der Waals surface area contributed by atoms with Gasteiger partial charge in [0.15, 0.2) is 0 Å². The number of rotatable bonds is 5. The number of hydrogen-bond acceptors (Lipinski definition) is 2. The minimum absolute atomic E-state index is 0.0832. The molecule has 0 atom stereocenters. The zero-order valence-corrected chi connectivity index (χ0v) is 12.6. The predicted octanol–water partition coefficient (Wildman–Crippen LogP) is 3.48. The van der Waals surface area contributed by atoms with Crippen LogP contribution in [0.25, 0.3) is 10.9 Å². The van der Waals surface area contributed by atoms with Gasteiger partial charge >= 0.3 is 0 Å². The van der Waals surface area contributed by atoms with Gasteiger partial charge in [-0.15, -0.1) is 0 Å². The highest BCUT2D eigenvalue weighted by molar-refractivity contribution is 9.09. The zero-order chi connectivity index (χ0) is 13.7. The van der Waals surface area contributed by atoms with Crippen molar-refractivity contribution in [3.05, 3.63) is 42.1 Å². The number of nitrogens with zero attached hydrogens (tertiary/aromatic N) is 2. The SMILES string of the molecule is CCCN(CCBr)C(=O)c1cccc2ncccc12. The number of aromatic nitrogens is 1. The van der Waals surface area contributed by atoms with Gasteiger partial charge in [-0.25, -0.2) is 0 Å². The van der Waals surface area contributed by atoms with E-state index in [4.69, 9.17) is 0 Å². The molecule has 4 heteroatoms. The molecule has 3 nitrogen and oxygen atoms in total. The number of amides is 1. The highest BCUT2D eigenvalue weighted by atomic mass is 79.9. The summed E-state index contributed by atoms with van der Waals surface area (Å²) in [6, 6.07) is 9.52. The molecule has 0 aliphatic heterocycles. The maximum absolute atomic E-state index is 12.6. The van der Waals surface area contributed by atoms with Crippen molar-refractivity contribution in [2.75, 3.05) is 18.4 Å². The summed E-state index contributed by atoms with van der Waals surface area (Å²) in [5.74, 6) is 0.0832. The summed E-state index contributed by atoms with van der Waals surface area (Å²) in [5.41, 5.74) is 1.60. The monoisotopic (exact) mass is 320 g/mol.